The van der Waals surface area contributed by atoms with E-state index in [1.807, 2.05) is 0 Å². The Hall–Kier alpha value is 0.860. The third-order valence-corrected chi connectivity index (χ3v) is 8.37. The fraction of sp³-hybridized carbons (Fsp3) is 0.636. The van der Waals surface area contributed by atoms with Gasteiger partial charge < -0.3 is 0 Å². The second kappa shape index (κ2) is 6.75. The number of hydrogen-bond acceptors (Lipinski definition) is 3. The zero-order valence-electron chi connectivity index (χ0n) is 10.0. The topological polar surface area (TPSA) is 46.2 Å². The third-order valence-electron chi connectivity index (χ3n) is 3.17. The van der Waals surface area contributed by atoms with Crippen molar-refractivity contribution in [3.63, 3.8) is 0 Å². The van der Waals surface area contributed by atoms with Gasteiger partial charge in [-0.25, -0.2) is 13.1 Å². The molecule has 0 aromatic carbocycles. The molecule has 2 unspecified atom stereocenters. The number of alkyl halides is 1. The number of halogens is 3. The second-order valence-electron chi connectivity index (χ2n) is 4.67. The molecule has 2 rings (SSSR count). The van der Waals surface area contributed by atoms with Crippen LogP contribution in [0.1, 0.15) is 25.7 Å². The molecule has 1 heterocycles. The van der Waals surface area contributed by atoms with Gasteiger partial charge in [-0.05, 0) is 47.2 Å². The van der Waals surface area contributed by atoms with E-state index in [9.17, 15) is 8.42 Å². The van der Waals surface area contributed by atoms with Crippen LogP contribution in [0.25, 0.3) is 0 Å². The van der Waals surface area contributed by atoms with E-state index in [1.54, 1.807) is 0 Å². The van der Waals surface area contributed by atoms with E-state index < -0.39 is 10.0 Å². The third kappa shape index (κ3) is 4.41. The maximum Gasteiger partial charge on any atom is 0.250 e. The van der Waals surface area contributed by atoms with Gasteiger partial charge in [-0.3, -0.25) is 0 Å². The van der Waals surface area contributed by atoms with Crippen LogP contribution in [0.2, 0.25) is 5.02 Å². The summed E-state index contributed by atoms with van der Waals surface area (Å²) >= 11 is 13.8. The van der Waals surface area contributed by atoms with Crippen LogP contribution in [0.4, 0.5) is 0 Å². The van der Waals surface area contributed by atoms with Crippen molar-refractivity contribution in [2.45, 2.75) is 34.7 Å². The molecule has 108 valence electrons. The van der Waals surface area contributed by atoms with Gasteiger partial charge in [0.1, 0.15) is 4.21 Å². The highest BCUT2D eigenvalue weighted by molar-refractivity contribution is 9.11. The molecule has 1 aromatic rings. The minimum absolute atomic E-state index is 0.260. The zero-order valence-corrected chi connectivity index (χ0v) is 15.6. The second-order valence-corrected chi connectivity index (χ2v) is 10.7. The molecule has 1 N–H and O–H groups in total. The van der Waals surface area contributed by atoms with Crippen LogP contribution < -0.4 is 4.72 Å². The normalized spacial score (nSPS) is 24.6. The van der Waals surface area contributed by atoms with Crippen molar-refractivity contribution in [3.8, 4) is 0 Å². The molecule has 1 aliphatic carbocycles. The molecule has 0 radical (unpaired) electrons. The SMILES string of the molecule is O=S(=O)(NCC1CCCC(Br)C1)c1cc(Cl)c(Br)s1. The van der Waals surface area contributed by atoms with Gasteiger partial charge >= 0.3 is 0 Å². The van der Waals surface area contributed by atoms with Crippen molar-refractivity contribution >= 4 is 64.8 Å². The first-order chi connectivity index (χ1) is 8.88. The molecule has 0 amide bonds. The van der Waals surface area contributed by atoms with Gasteiger partial charge in [0.25, 0.3) is 0 Å². The number of sulfonamides is 1. The lowest BCUT2D eigenvalue weighted by Crippen LogP contribution is -2.31. The van der Waals surface area contributed by atoms with Crippen molar-refractivity contribution in [1.82, 2.24) is 4.72 Å². The average Bonchev–Trinajstić information content (AvgIpc) is 2.68. The molecule has 1 aromatic heterocycles. The highest BCUT2D eigenvalue weighted by Gasteiger charge is 2.24. The molecule has 1 aliphatic rings. The zero-order chi connectivity index (χ0) is 14.0. The summed E-state index contributed by atoms with van der Waals surface area (Å²) in [6.07, 6.45) is 4.44. The van der Waals surface area contributed by atoms with Crippen LogP contribution in [-0.4, -0.2) is 19.8 Å². The lowest BCUT2D eigenvalue weighted by atomic mass is 9.89. The fourth-order valence-corrected chi connectivity index (χ4v) is 6.58. The van der Waals surface area contributed by atoms with Crippen LogP contribution in [-0.2, 0) is 10.0 Å². The Morgan fingerprint density at radius 1 is 1.47 bits per heavy atom. The molecule has 0 saturated heterocycles. The minimum Gasteiger partial charge on any atom is -0.210 e. The molecule has 19 heavy (non-hydrogen) atoms. The van der Waals surface area contributed by atoms with E-state index in [4.69, 9.17) is 11.6 Å². The first kappa shape index (κ1) is 16.2. The van der Waals surface area contributed by atoms with Crippen molar-refractivity contribution in [2.24, 2.45) is 5.92 Å². The summed E-state index contributed by atoms with van der Waals surface area (Å²) in [7, 11) is -3.44. The molecule has 0 bridgehead atoms. The highest BCUT2D eigenvalue weighted by Crippen LogP contribution is 2.35. The fourth-order valence-electron chi connectivity index (χ4n) is 2.17. The average molecular weight is 452 g/mol. The number of hydrogen-bond donors (Lipinski definition) is 1. The van der Waals surface area contributed by atoms with E-state index in [2.05, 4.69) is 36.6 Å². The first-order valence-electron chi connectivity index (χ1n) is 5.97. The maximum atomic E-state index is 12.1. The van der Waals surface area contributed by atoms with Crippen LogP contribution in [0.15, 0.2) is 14.1 Å². The summed E-state index contributed by atoms with van der Waals surface area (Å²) < 4.78 is 27.9. The predicted molar refractivity (Wildman–Crippen MR) is 86.9 cm³/mol. The molecule has 3 nitrogen and oxygen atoms in total. The van der Waals surface area contributed by atoms with Crippen molar-refractivity contribution in [1.29, 1.82) is 0 Å². The standard InChI is InChI=1S/C11H14Br2ClNO2S2/c12-8-3-1-2-7(4-8)6-15-19(16,17)10-5-9(14)11(13)18-10/h5,7-8,15H,1-4,6H2. The summed E-state index contributed by atoms with van der Waals surface area (Å²) in [4.78, 5) is 0.515. The Morgan fingerprint density at radius 3 is 2.79 bits per heavy atom. The minimum atomic E-state index is -3.44. The van der Waals surface area contributed by atoms with Gasteiger partial charge in [-0.15, -0.1) is 11.3 Å². The molecule has 0 spiro atoms. The van der Waals surface area contributed by atoms with Crippen molar-refractivity contribution in [2.75, 3.05) is 6.54 Å². The van der Waals surface area contributed by atoms with E-state index >= 15 is 0 Å². The van der Waals surface area contributed by atoms with Crippen LogP contribution in [0.3, 0.4) is 0 Å². The molecule has 1 fully saturated rings. The Kier molecular flexibility index (Phi) is 5.77. The van der Waals surface area contributed by atoms with E-state index in [0.29, 0.717) is 26.1 Å². The Morgan fingerprint density at radius 2 is 2.21 bits per heavy atom. The van der Waals surface area contributed by atoms with E-state index in [1.165, 1.54) is 12.5 Å². The first-order valence-corrected chi connectivity index (χ1v) is 10.4. The molecule has 8 heteroatoms. The molecular weight excluding hydrogens is 438 g/mol. The van der Waals surface area contributed by atoms with Gasteiger partial charge in [0.2, 0.25) is 10.0 Å². The van der Waals surface area contributed by atoms with Crippen molar-refractivity contribution in [3.05, 3.63) is 14.9 Å². The molecular formula is C11H14Br2ClNO2S2. The van der Waals surface area contributed by atoms with Crippen LogP contribution in [0, 0.1) is 5.92 Å². The number of rotatable bonds is 4. The smallest absolute Gasteiger partial charge is 0.210 e. The van der Waals surface area contributed by atoms with E-state index in [-0.39, 0.29) is 4.21 Å². The Labute approximate surface area is 139 Å². The molecule has 2 atom stereocenters. The summed E-state index contributed by atoms with van der Waals surface area (Å²) in [5.41, 5.74) is 0. The summed E-state index contributed by atoms with van der Waals surface area (Å²) in [6, 6.07) is 1.48. The molecule has 0 aliphatic heterocycles. The summed E-state index contributed by atoms with van der Waals surface area (Å²) in [6.45, 7) is 0.498. The van der Waals surface area contributed by atoms with Gasteiger partial charge in [0, 0.05) is 11.4 Å². The lowest BCUT2D eigenvalue weighted by molar-refractivity contribution is 0.368. The van der Waals surface area contributed by atoms with E-state index in [0.717, 1.165) is 30.6 Å². The number of thiophene rings is 1. The lowest BCUT2D eigenvalue weighted by Gasteiger charge is -2.25. The Bertz CT molecular complexity index is 527. The van der Waals surface area contributed by atoms with Crippen LogP contribution in [0.5, 0.6) is 0 Å². The van der Waals surface area contributed by atoms with Crippen molar-refractivity contribution < 1.29 is 8.42 Å². The summed E-state index contributed by atoms with van der Waals surface area (Å²) in [5, 5.41) is 0.434. The Balaban J connectivity index is 1.98. The van der Waals surface area contributed by atoms with Gasteiger partial charge in [0.05, 0.1) is 8.81 Å². The number of nitrogens with one attached hydrogen (secondary N) is 1. The predicted octanol–water partition coefficient (Wildman–Crippen LogP) is 4.40. The maximum absolute atomic E-state index is 12.1. The van der Waals surface area contributed by atoms with Gasteiger partial charge in [-0.1, -0.05) is 34.0 Å². The monoisotopic (exact) mass is 449 g/mol. The quantitative estimate of drug-likeness (QED) is 0.690. The largest absolute Gasteiger partial charge is 0.250 e. The highest BCUT2D eigenvalue weighted by atomic mass is 79.9. The van der Waals surface area contributed by atoms with Gasteiger partial charge in [-0.2, -0.15) is 0 Å². The molecule has 1 saturated carbocycles. The van der Waals surface area contributed by atoms with Crippen LogP contribution >= 0.6 is 54.8 Å². The van der Waals surface area contributed by atoms with Gasteiger partial charge in [0.15, 0.2) is 0 Å². The summed E-state index contributed by atoms with van der Waals surface area (Å²) in [5.74, 6) is 0.409.